The van der Waals surface area contributed by atoms with Crippen LogP contribution in [0.4, 0.5) is 5.69 Å². The molecule has 0 spiro atoms. The molecule has 12 heteroatoms. The van der Waals surface area contributed by atoms with Crippen LogP contribution in [0.25, 0.3) is 0 Å². The molecule has 0 bridgehead atoms. The van der Waals surface area contributed by atoms with Gasteiger partial charge in [-0.3, -0.25) is 13.9 Å². The lowest BCUT2D eigenvalue weighted by Crippen LogP contribution is -2.53. The molecule has 0 aliphatic rings. The van der Waals surface area contributed by atoms with E-state index in [-0.39, 0.29) is 28.7 Å². The summed E-state index contributed by atoms with van der Waals surface area (Å²) in [6.07, 6.45) is 1.81. The van der Waals surface area contributed by atoms with Gasteiger partial charge < -0.3 is 10.2 Å². The number of nitrogens with one attached hydrogen (secondary N) is 1. The highest BCUT2D eigenvalue weighted by Crippen LogP contribution is 2.34. The molecule has 3 aromatic rings. The highest BCUT2D eigenvalue weighted by Gasteiger charge is 2.34. The zero-order valence-corrected chi connectivity index (χ0v) is 25.8. The lowest BCUT2D eigenvalue weighted by Gasteiger charge is -2.34. The second-order valence-electron chi connectivity index (χ2n) is 9.06. The SMILES string of the molecule is CCCNC(=O)[C@@H](Cc1ccccc1)N(Cc1c(Cl)cccc1Cl)C(=O)CN(c1cccc(Cl)c1Cl)S(C)(=O)=O. The van der Waals surface area contributed by atoms with Crippen LogP contribution in [0.2, 0.25) is 20.1 Å². The third kappa shape index (κ3) is 8.27. The Hall–Kier alpha value is -2.49. The molecular weight excluding hydrogens is 616 g/mol. The largest absolute Gasteiger partial charge is 0.354 e. The Kier molecular flexibility index (Phi) is 11.5. The van der Waals surface area contributed by atoms with E-state index in [1.54, 1.807) is 18.2 Å². The number of carbonyl (C=O) groups excluding carboxylic acids is 2. The number of halogens is 4. The van der Waals surface area contributed by atoms with Crippen molar-refractivity contribution < 1.29 is 18.0 Å². The van der Waals surface area contributed by atoms with Crippen molar-refractivity contribution in [3.05, 3.63) is 97.9 Å². The summed E-state index contributed by atoms with van der Waals surface area (Å²) in [4.78, 5) is 28.9. The van der Waals surface area contributed by atoms with Crippen LogP contribution in [0.1, 0.15) is 24.5 Å². The lowest BCUT2D eigenvalue weighted by atomic mass is 10.0. The van der Waals surface area contributed by atoms with Gasteiger partial charge in [0.25, 0.3) is 0 Å². The van der Waals surface area contributed by atoms with E-state index in [1.165, 1.54) is 23.1 Å². The summed E-state index contributed by atoms with van der Waals surface area (Å²) in [6.45, 7) is 1.52. The van der Waals surface area contributed by atoms with E-state index in [0.29, 0.717) is 28.6 Å². The average Bonchev–Trinajstić information content (AvgIpc) is 2.91. The first-order valence-corrected chi connectivity index (χ1v) is 15.8. The van der Waals surface area contributed by atoms with E-state index >= 15 is 0 Å². The van der Waals surface area contributed by atoms with Crippen LogP contribution in [-0.2, 0) is 32.6 Å². The van der Waals surface area contributed by atoms with E-state index in [0.717, 1.165) is 16.1 Å². The molecule has 0 saturated heterocycles. The molecule has 1 atom stereocenters. The molecule has 0 radical (unpaired) electrons. The van der Waals surface area contributed by atoms with Crippen molar-refractivity contribution in [2.75, 3.05) is 23.7 Å². The predicted molar refractivity (Wildman–Crippen MR) is 163 cm³/mol. The minimum Gasteiger partial charge on any atom is -0.354 e. The fraction of sp³-hybridized carbons (Fsp3) is 0.286. The van der Waals surface area contributed by atoms with E-state index in [1.807, 2.05) is 37.3 Å². The van der Waals surface area contributed by atoms with Gasteiger partial charge >= 0.3 is 0 Å². The summed E-state index contributed by atoms with van der Waals surface area (Å²) in [5.74, 6) is -1.06. The van der Waals surface area contributed by atoms with Gasteiger partial charge in [0.2, 0.25) is 21.8 Å². The monoisotopic (exact) mass is 643 g/mol. The number of anilines is 1. The van der Waals surface area contributed by atoms with Crippen molar-refractivity contribution in [1.82, 2.24) is 10.2 Å². The molecule has 0 fully saturated rings. The maximum atomic E-state index is 14.1. The van der Waals surface area contributed by atoms with Crippen molar-refractivity contribution >= 4 is 73.9 Å². The van der Waals surface area contributed by atoms with Crippen molar-refractivity contribution in [1.29, 1.82) is 0 Å². The van der Waals surface area contributed by atoms with Crippen LogP contribution in [0, 0.1) is 0 Å². The van der Waals surface area contributed by atoms with Gasteiger partial charge in [0.05, 0.1) is 22.0 Å². The van der Waals surface area contributed by atoms with Gasteiger partial charge in [-0.05, 0) is 36.2 Å². The maximum absolute atomic E-state index is 14.1. The predicted octanol–water partition coefficient (Wildman–Crippen LogP) is 6.23. The Labute approximate surface area is 255 Å². The van der Waals surface area contributed by atoms with Gasteiger partial charge in [0.1, 0.15) is 12.6 Å². The highest BCUT2D eigenvalue weighted by atomic mass is 35.5. The molecule has 0 unspecified atom stereocenters. The minimum atomic E-state index is -4.00. The second kappa shape index (κ2) is 14.4. The van der Waals surface area contributed by atoms with Gasteiger partial charge in [-0.15, -0.1) is 0 Å². The number of rotatable bonds is 12. The number of hydrogen-bond acceptors (Lipinski definition) is 4. The van der Waals surface area contributed by atoms with Crippen molar-refractivity contribution in [2.24, 2.45) is 0 Å². The number of nitrogens with zero attached hydrogens (tertiary/aromatic N) is 2. The number of carbonyl (C=O) groups is 2. The fourth-order valence-corrected chi connectivity index (χ4v) is 5.87. The first kappa shape index (κ1) is 32.0. The smallest absolute Gasteiger partial charge is 0.244 e. The van der Waals surface area contributed by atoms with Gasteiger partial charge in [0.15, 0.2) is 0 Å². The van der Waals surface area contributed by atoms with E-state index in [4.69, 9.17) is 46.4 Å². The van der Waals surface area contributed by atoms with Crippen LogP contribution >= 0.6 is 46.4 Å². The van der Waals surface area contributed by atoms with Crippen LogP contribution in [0.5, 0.6) is 0 Å². The van der Waals surface area contributed by atoms with Crippen LogP contribution in [0.3, 0.4) is 0 Å². The standard InChI is InChI=1S/C28H29Cl4N3O4S/c1-3-15-33-28(37)25(16-19-9-5-4-6-10-19)34(17-20-21(29)11-7-12-22(20)30)26(36)18-35(40(2,38)39)24-14-8-13-23(31)27(24)32/h4-14,25H,3,15-18H2,1-2H3,(H,33,37)/t25-/m1/s1. The van der Waals surface area contributed by atoms with E-state index in [9.17, 15) is 18.0 Å². The Bertz CT molecular complexity index is 1430. The van der Waals surface area contributed by atoms with E-state index < -0.39 is 34.4 Å². The molecule has 0 saturated carbocycles. The second-order valence-corrected chi connectivity index (χ2v) is 12.6. The molecule has 1 N–H and O–H groups in total. The Balaban J connectivity index is 2.12. The summed E-state index contributed by atoms with van der Waals surface area (Å²) in [5.41, 5.74) is 1.27. The summed E-state index contributed by atoms with van der Waals surface area (Å²) in [5, 5.41) is 3.57. The molecule has 40 heavy (non-hydrogen) atoms. The third-order valence-electron chi connectivity index (χ3n) is 6.09. The van der Waals surface area contributed by atoms with E-state index in [2.05, 4.69) is 5.32 Å². The van der Waals surface area contributed by atoms with Crippen LogP contribution in [0.15, 0.2) is 66.7 Å². The average molecular weight is 645 g/mol. The molecule has 3 rings (SSSR count). The first-order valence-electron chi connectivity index (χ1n) is 12.4. The normalized spacial score (nSPS) is 12.1. The van der Waals surface area contributed by atoms with Gasteiger partial charge in [0, 0.05) is 35.1 Å². The Morgan fingerprint density at radius 2 is 1.48 bits per heavy atom. The minimum absolute atomic E-state index is 0.0235. The summed E-state index contributed by atoms with van der Waals surface area (Å²) in [7, 11) is -4.00. The zero-order valence-electron chi connectivity index (χ0n) is 21.9. The molecule has 0 aliphatic carbocycles. The molecule has 7 nitrogen and oxygen atoms in total. The van der Waals surface area contributed by atoms with Gasteiger partial charge in [-0.25, -0.2) is 8.42 Å². The molecule has 0 aromatic heterocycles. The fourth-order valence-electron chi connectivity index (χ4n) is 4.05. The number of benzene rings is 3. The van der Waals surface area contributed by atoms with Gasteiger partial charge in [-0.1, -0.05) is 95.8 Å². The van der Waals surface area contributed by atoms with Gasteiger partial charge in [-0.2, -0.15) is 0 Å². The number of sulfonamides is 1. The Morgan fingerprint density at radius 3 is 2.08 bits per heavy atom. The molecule has 2 amide bonds. The molecule has 0 aliphatic heterocycles. The molecule has 3 aromatic carbocycles. The highest BCUT2D eigenvalue weighted by molar-refractivity contribution is 7.92. The lowest BCUT2D eigenvalue weighted by molar-refractivity contribution is -0.140. The number of amides is 2. The maximum Gasteiger partial charge on any atom is 0.244 e. The molecule has 214 valence electrons. The van der Waals surface area contributed by atoms with Crippen molar-refractivity contribution in [2.45, 2.75) is 32.4 Å². The number of hydrogen-bond donors (Lipinski definition) is 1. The van der Waals surface area contributed by atoms with Crippen LogP contribution in [-0.4, -0.2) is 50.5 Å². The molecule has 0 heterocycles. The zero-order chi connectivity index (χ0) is 29.4. The summed E-state index contributed by atoms with van der Waals surface area (Å²) >= 11 is 25.4. The first-order chi connectivity index (χ1) is 18.9. The topological polar surface area (TPSA) is 86.8 Å². The van der Waals surface area contributed by atoms with Crippen molar-refractivity contribution in [3.63, 3.8) is 0 Å². The van der Waals surface area contributed by atoms with Crippen molar-refractivity contribution in [3.8, 4) is 0 Å². The molecular formula is C28H29Cl4N3O4S. The summed E-state index contributed by atoms with van der Waals surface area (Å²) in [6, 6.07) is 17.6. The Morgan fingerprint density at radius 1 is 0.875 bits per heavy atom. The van der Waals surface area contributed by atoms with Crippen LogP contribution < -0.4 is 9.62 Å². The third-order valence-corrected chi connectivity index (χ3v) is 8.73. The quantitative estimate of drug-likeness (QED) is 0.253. The summed E-state index contributed by atoms with van der Waals surface area (Å²) < 4.78 is 26.6.